The maximum atomic E-state index is 4.28. The summed E-state index contributed by atoms with van der Waals surface area (Å²) >= 11 is 0. The van der Waals surface area contributed by atoms with E-state index in [1.54, 1.807) is 0 Å². The Morgan fingerprint density at radius 2 is 2.38 bits per heavy atom. The number of hydrogen-bond acceptors (Lipinski definition) is 2. The minimum Gasteiger partial charge on any atom is -0.312 e. The van der Waals surface area contributed by atoms with Gasteiger partial charge in [0.2, 0.25) is 0 Å². The third-order valence-electron chi connectivity index (χ3n) is 3.79. The van der Waals surface area contributed by atoms with Gasteiger partial charge in [-0.05, 0) is 31.7 Å². The van der Waals surface area contributed by atoms with Crippen LogP contribution in [0.5, 0.6) is 0 Å². The van der Waals surface area contributed by atoms with Crippen molar-refractivity contribution in [1.29, 1.82) is 0 Å². The second kappa shape index (κ2) is 5.48. The molecule has 1 aromatic rings. The Hall–Kier alpha value is -0.830. The van der Waals surface area contributed by atoms with Gasteiger partial charge in [0, 0.05) is 24.8 Å². The molecule has 0 spiro atoms. The molecule has 0 bridgehead atoms. The van der Waals surface area contributed by atoms with Gasteiger partial charge in [0.25, 0.3) is 0 Å². The Bertz CT molecular complexity index is 319. The van der Waals surface area contributed by atoms with Crippen LogP contribution >= 0.6 is 0 Å². The zero-order chi connectivity index (χ0) is 11.4. The van der Waals surface area contributed by atoms with Crippen LogP contribution in [0.1, 0.15) is 38.7 Å². The Kier molecular flexibility index (Phi) is 3.99. The number of nitrogens with one attached hydrogen (secondary N) is 1. The number of aryl methyl sites for hydroxylation is 1. The predicted octanol–water partition coefficient (Wildman–Crippen LogP) is 2.43. The van der Waals surface area contributed by atoms with Crippen molar-refractivity contribution in [3.05, 3.63) is 18.0 Å². The van der Waals surface area contributed by atoms with Crippen LogP contribution in [0.4, 0.5) is 0 Å². The topological polar surface area (TPSA) is 29.9 Å². The highest BCUT2D eigenvalue weighted by molar-refractivity contribution is 5.03. The molecule has 1 N–H and O–H groups in total. The second-order valence-electron chi connectivity index (χ2n) is 5.00. The third-order valence-corrected chi connectivity index (χ3v) is 3.79. The van der Waals surface area contributed by atoms with Crippen LogP contribution in [0.15, 0.2) is 12.4 Å². The van der Waals surface area contributed by atoms with Gasteiger partial charge in [0.05, 0.1) is 6.20 Å². The summed E-state index contributed by atoms with van der Waals surface area (Å²) in [7, 11) is 0. The first kappa shape index (κ1) is 11.6. The monoisotopic (exact) mass is 221 g/mol. The Balaban J connectivity index is 1.71. The second-order valence-corrected chi connectivity index (χ2v) is 5.00. The molecule has 1 saturated carbocycles. The molecule has 1 aliphatic carbocycles. The largest absolute Gasteiger partial charge is 0.312 e. The van der Waals surface area contributed by atoms with E-state index in [4.69, 9.17) is 0 Å². The molecule has 0 amide bonds. The van der Waals surface area contributed by atoms with Crippen LogP contribution in [-0.4, -0.2) is 16.3 Å². The maximum Gasteiger partial charge on any atom is 0.0534 e. The fourth-order valence-corrected chi connectivity index (χ4v) is 2.60. The molecule has 3 heteroatoms. The van der Waals surface area contributed by atoms with Gasteiger partial charge in [-0.25, -0.2) is 0 Å². The van der Waals surface area contributed by atoms with E-state index < -0.39 is 0 Å². The molecule has 1 aromatic heterocycles. The van der Waals surface area contributed by atoms with Crippen LogP contribution in [0.3, 0.4) is 0 Å². The maximum absolute atomic E-state index is 4.28. The summed E-state index contributed by atoms with van der Waals surface area (Å²) in [5, 5.41) is 7.83. The van der Waals surface area contributed by atoms with Crippen molar-refractivity contribution >= 4 is 0 Å². The molecule has 16 heavy (non-hydrogen) atoms. The zero-order valence-electron chi connectivity index (χ0n) is 10.4. The summed E-state index contributed by atoms with van der Waals surface area (Å²) in [6, 6.07) is 0. The SMILES string of the molecule is CCn1cc(CNCC2CCCC2C)cn1. The van der Waals surface area contributed by atoms with Crippen LogP contribution in [0.25, 0.3) is 0 Å². The predicted molar refractivity (Wildman–Crippen MR) is 66.1 cm³/mol. The molecule has 1 fully saturated rings. The molecule has 0 aliphatic heterocycles. The van der Waals surface area contributed by atoms with E-state index in [1.165, 1.54) is 31.4 Å². The smallest absolute Gasteiger partial charge is 0.0534 e. The highest BCUT2D eigenvalue weighted by atomic mass is 15.3. The van der Waals surface area contributed by atoms with Crippen molar-refractivity contribution in [2.24, 2.45) is 11.8 Å². The Labute approximate surface area is 98.2 Å². The molecule has 2 unspecified atom stereocenters. The quantitative estimate of drug-likeness (QED) is 0.827. The van der Waals surface area contributed by atoms with Gasteiger partial charge in [0.1, 0.15) is 0 Å². The number of aromatic nitrogens is 2. The van der Waals surface area contributed by atoms with Crippen molar-refractivity contribution < 1.29 is 0 Å². The van der Waals surface area contributed by atoms with E-state index in [9.17, 15) is 0 Å². The van der Waals surface area contributed by atoms with Crippen molar-refractivity contribution in [2.45, 2.75) is 46.2 Å². The highest BCUT2D eigenvalue weighted by Crippen LogP contribution is 2.30. The molecule has 1 aliphatic rings. The molecule has 90 valence electrons. The molecular formula is C13H23N3. The molecule has 2 atom stereocenters. The first-order valence-corrected chi connectivity index (χ1v) is 6.51. The molecule has 0 saturated heterocycles. The van der Waals surface area contributed by atoms with Gasteiger partial charge in [-0.1, -0.05) is 19.8 Å². The van der Waals surface area contributed by atoms with E-state index in [1.807, 2.05) is 10.9 Å². The average molecular weight is 221 g/mol. The summed E-state index contributed by atoms with van der Waals surface area (Å²) in [6.45, 7) is 7.58. The summed E-state index contributed by atoms with van der Waals surface area (Å²) < 4.78 is 1.98. The zero-order valence-corrected chi connectivity index (χ0v) is 10.4. The molecule has 3 nitrogen and oxygen atoms in total. The first-order chi connectivity index (χ1) is 7.79. The van der Waals surface area contributed by atoms with E-state index in [0.29, 0.717) is 0 Å². The molecule has 0 radical (unpaired) electrons. The first-order valence-electron chi connectivity index (χ1n) is 6.51. The van der Waals surface area contributed by atoms with Crippen LogP contribution in [0.2, 0.25) is 0 Å². The number of nitrogens with zero attached hydrogens (tertiary/aromatic N) is 2. The van der Waals surface area contributed by atoms with Gasteiger partial charge in [-0.2, -0.15) is 5.10 Å². The Morgan fingerprint density at radius 1 is 1.50 bits per heavy atom. The minimum atomic E-state index is 0.890. The average Bonchev–Trinajstić information content (AvgIpc) is 2.89. The standard InChI is InChI=1S/C13H23N3/c1-3-16-10-12(8-15-16)7-14-9-13-6-4-5-11(13)2/h8,10-11,13-14H,3-7,9H2,1-2H3. The van der Waals surface area contributed by atoms with Crippen LogP contribution in [-0.2, 0) is 13.1 Å². The minimum absolute atomic E-state index is 0.890. The van der Waals surface area contributed by atoms with Gasteiger partial charge in [0.15, 0.2) is 0 Å². The van der Waals surface area contributed by atoms with Crippen LogP contribution in [0, 0.1) is 11.8 Å². The fraction of sp³-hybridized carbons (Fsp3) is 0.769. The fourth-order valence-electron chi connectivity index (χ4n) is 2.60. The Morgan fingerprint density at radius 3 is 3.00 bits per heavy atom. The van der Waals surface area contributed by atoms with Gasteiger partial charge < -0.3 is 5.32 Å². The van der Waals surface area contributed by atoms with E-state index >= 15 is 0 Å². The lowest BCUT2D eigenvalue weighted by Crippen LogP contribution is -2.23. The number of rotatable bonds is 5. The number of hydrogen-bond donors (Lipinski definition) is 1. The molecule has 2 rings (SSSR count). The van der Waals surface area contributed by atoms with Crippen molar-refractivity contribution in [3.8, 4) is 0 Å². The lowest BCUT2D eigenvalue weighted by atomic mass is 9.98. The van der Waals surface area contributed by atoms with Gasteiger partial charge in [-0.15, -0.1) is 0 Å². The summed E-state index contributed by atoms with van der Waals surface area (Å²) in [5.41, 5.74) is 1.30. The van der Waals surface area contributed by atoms with Crippen molar-refractivity contribution in [2.75, 3.05) is 6.54 Å². The third kappa shape index (κ3) is 2.85. The van der Waals surface area contributed by atoms with E-state index in [0.717, 1.165) is 24.9 Å². The van der Waals surface area contributed by atoms with Crippen molar-refractivity contribution in [3.63, 3.8) is 0 Å². The summed E-state index contributed by atoms with van der Waals surface area (Å²) in [5.74, 6) is 1.80. The van der Waals surface area contributed by atoms with E-state index in [2.05, 4.69) is 30.5 Å². The van der Waals surface area contributed by atoms with E-state index in [-0.39, 0.29) is 0 Å². The lowest BCUT2D eigenvalue weighted by Gasteiger charge is -2.15. The van der Waals surface area contributed by atoms with Gasteiger partial charge >= 0.3 is 0 Å². The lowest BCUT2D eigenvalue weighted by molar-refractivity contribution is 0.392. The molecule has 1 heterocycles. The summed E-state index contributed by atoms with van der Waals surface area (Å²) in [4.78, 5) is 0. The van der Waals surface area contributed by atoms with Crippen molar-refractivity contribution in [1.82, 2.24) is 15.1 Å². The molecular weight excluding hydrogens is 198 g/mol. The normalized spacial score (nSPS) is 25.1. The molecule has 0 aromatic carbocycles. The highest BCUT2D eigenvalue weighted by Gasteiger charge is 2.22. The van der Waals surface area contributed by atoms with Crippen LogP contribution < -0.4 is 5.32 Å². The van der Waals surface area contributed by atoms with Gasteiger partial charge in [-0.3, -0.25) is 4.68 Å². The summed E-state index contributed by atoms with van der Waals surface area (Å²) in [6.07, 6.45) is 8.34.